The van der Waals surface area contributed by atoms with Crippen molar-refractivity contribution in [1.29, 1.82) is 0 Å². The topological polar surface area (TPSA) is 85.8 Å². The molecule has 3 aromatic rings. The van der Waals surface area contributed by atoms with Gasteiger partial charge in [-0.1, -0.05) is 6.42 Å². The summed E-state index contributed by atoms with van der Waals surface area (Å²) in [5.41, 5.74) is 1.47. The summed E-state index contributed by atoms with van der Waals surface area (Å²) in [4.78, 5) is 16.1. The van der Waals surface area contributed by atoms with E-state index in [0.717, 1.165) is 6.42 Å². The molecule has 0 aromatic carbocycles. The molecule has 3 heterocycles. The average molecular weight is 357 g/mol. The van der Waals surface area contributed by atoms with Gasteiger partial charge in [-0.2, -0.15) is 4.80 Å². The molecule has 1 N–H and O–H groups in total. The monoisotopic (exact) mass is 357 g/mol. The Morgan fingerprint density at radius 3 is 3.12 bits per heavy atom. The highest BCUT2D eigenvalue weighted by atomic mass is 32.1. The van der Waals surface area contributed by atoms with Crippen LogP contribution in [0.4, 0.5) is 0 Å². The van der Waals surface area contributed by atoms with Gasteiger partial charge in [0.05, 0.1) is 12.8 Å². The van der Waals surface area contributed by atoms with Gasteiger partial charge in [-0.15, -0.1) is 21.5 Å². The molecule has 3 aromatic heterocycles. The number of aromatic nitrogens is 4. The summed E-state index contributed by atoms with van der Waals surface area (Å²) >= 11 is 1.82. The van der Waals surface area contributed by atoms with Crippen molar-refractivity contribution in [3.63, 3.8) is 0 Å². The van der Waals surface area contributed by atoms with Crippen LogP contribution in [-0.4, -0.2) is 26.1 Å². The Balaban J connectivity index is 1.32. The Morgan fingerprint density at radius 2 is 2.24 bits per heavy atom. The Kier molecular flexibility index (Phi) is 4.60. The largest absolute Gasteiger partial charge is 0.461 e. The predicted octanol–water partition coefficient (Wildman–Crippen LogP) is 2.58. The summed E-state index contributed by atoms with van der Waals surface area (Å²) in [5.74, 6) is 0.776. The van der Waals surface area contributed by atoms with Crippen molar-refractivity contribution in [1.82, 2.24) is 25.5 Å². The second-order valence-corrected chi connectivity index (χ2v) is 7.34. The number of rotatable bonds is 5. The third-order valence-electron chi connectivity index (χ3n) is 4.24. The van der Waals surface area contributed by atoms with E-state index >= 15 is 0 Å². The van der Waals surface area contributed by atoms with Crippen LogP contribution >= 0.6 is 11.3 Å². The van der Waals surface area contributed by atoms with Crippen molar-refractivity contribution < 1.29 is 9.21 Å². The highest BCUT2D eigenvalue weighted by Gasteiger charge is 2.14. The van der Waals surface area contributed by atoms with Gasteiger partial charge in [0.2, 0.25) is 11.7 Å². The van der Waals surface area contributed by atoms with Crippen LogP contribution < -0.4 is 5.32 Å². The number of thiophene rings is 1. The second kappa shape index (κ2) is 7.18. The summed E-state index contributed by atoms with van der Waals surface area (Å²) < 4.78 is 5.21. The summed E-state index contributed by atoms with van der Waals surface area (Å²) in [6.07, 6.45) is 7.75. The normalized spacial score (nSPS) is 14.1. The van der Waals surface area contributed by atoms with Gasteiger partial charge in [0, 0.05) is 9.75 Å². The van der Waals surface area contributed by atoms with Crippen LogP contribution in [0, 0.1) is 0 Å². The molecule has 0 radical (unpaired) electrons. The number of hydrogen-bond acceptors (Lipinski definition) is 6. The number of nitrogens with zero attached hydrogens (tertiary/aromatic N) is 4. The van der Waals surface area contributed by atoms with E-state index in [9.17, 15) is 4.79 Å². The van der Waals surface area contributed by atoms with E-state index in [4.69, 9.17) is 4.42 Å². The number of amides is 1. The summed E-state index contributed by atoms with van der Waals surface area (Å²) in [6.45, 7) is 0.592. The highest BCUT2D eigenvalue weighted by molar-refractivity contribution is 7.12. The summed E-state index contributed by atoms with van der Waals surface area (Å²) in [5, 5.41) is 14.9. The molecule has 0 saturated carbocycles. The zero-order valence-electron chi connectivity index (χ0n) is 13.8. The molecule has 1 aliphatic rings. The number of aryl methyl sites for hydroxylation is 2. The molecule has 0 spiro atoms. The van der Waals surface area contributed by atoms with Crippen LogP contribution in [-0.2, 0) is 30.7 Å². The van der Waals surface area contributed by atoms with Crippen molar-refractivity contribution in [2.24, 2.45) is 0 Å². The Hall–Kier alpha value is -2.48. The molecule has 8 heteroatoms. The summed E-state index contributed by atoms with van der Waals surface area (Å²) in [7, 11) is 0. The van der Waals surface area contributed by atoms with E-state index in [-0.39, 0.29) is 12.5 Å². The van der Waals surface area contributed by atoms with Gasteiger partial charge in [-0.05, 0) is 54.7 Å². The van der Waals surface area contributed by atoms with E-state index in [1.165, 1.54) is 45.8 Å². The zero-order valence-corrected chi connectivity index (χ0v) is 14.6. The van der Waals surface area contributed by atoms with Crippen LogP contribution in [0.15, 0.2) is 28.9 Å². The maximum atomic E-state index is 12.1. The molecule has 0 atom stereocenters. The molecule has 0 saturated heterocycles. The highest BCUT2D eigenvalue weighted by Crippen LogP contribution is 2.28. The molecular weight excluding hydrogens is 338 g/mol. The molecule has 0 unspecified atom stereocenters. The van der Waals surface area contributed by atoms with Crippen LogP contribution in [0.25, 0.3) is 11.6 Å². The molecule has 7 nitrogen and oxygen atoms in total. The lowest BCUT2D eigenvalue weighted by Gasteiger charge is -2.02. The number of fused-ring (bicyclic) bond motifs is 1. The molecule has 1 aliphatic carbocycles. The molecule has 1 amide bonds. The first-order valence-electron chi connectivity index (χ1n) is 8.47. The number of tetrazole rings is 1. The lowest BCUT2D eigenvalue weighted by atomic mass is 10.1. The first-order valence-corrected chi connectivity index (χ1v) is 9.28. The van der Waals surface area contributed by atoms with E-state index in [0.29, 0.717) is 18.1 Å². The minimum atomic E-state index is -0.132. The summed E-state index contributed by atoms with van der Waals surface area (Å²) in [6, 6.07) is 5.75. The molecule has 0 bridgehead atoms. The van der Waals surface area contributed by atoms with Crippen molar-refractivity contribution in [3.05, 3.63) is 39.8 Å². The number of nitrogens with one attached hydrogen (secondary N) is 1. The van der Waals surface area contributed by atoms with Gasteiger partial charge in [0.15, 0.2) is 5.76 Å². The fourth-order valence-electron chi connectivity index (χ4n) is 3.00. The predicted molar refractivity (Wildman–Crippen MR) is 92.9 cm³/mol. The molecular formula is C17H19N5O2S. The lowest BCUT2D eigenvalue weighted by molar-refractivity contribution is -0.122. The smallest absolute Gasteiger partial charge is 0.243 e. The first kappa shape index (κ1) is 16.0. The number of carbonyl (C=O) groups is 1. The molecule has 130 valence electrons. The van der Waals surface area contributed by atoms with Gasteiger partial charge in [0.1, 0.15) is 6.54 Å². The van der Waals surface area contributed by atoms with Crippen LogP contribution in [0.1, 0.15) is 34.6 Å². The molecule has 25 heavy (non-hydrogen) atoms. The van der Waals surface area contributed by atoms with E-state index in [1.807, 2.05) is 11.3 Å². The third-order valence-corrected chi connectivity index (χ3v) is 5.47. The van der Waals surface area contributed by atoms with Crippen molar-refractivity contribution in [3.8, 4) is 11.6 Å². The SMILES string of the molecule is O=C(Cn1nnc(-c2ccco2)n1)NCc1cc2c(s1)CCCCC2. The lowest BCUT2D eigenvalue weighted by Crippen LogP contribution is -2.27. The van der Waals surface area contributed by atoms with Crippen molar-refractivity contribution >= 4 is 17.2 Å². The number of hydrogen-bond donors (Lipinski definition) is 1. The Bertz CT molecular complexity index is 829. The zero-order chi connectivity index (χ0) is 17.1. The Labute approximate surface area is 149 Å². The van der Waals surface area contributed by atoms with E-state index < -0.39 is 0 Å². The maximum absolute atomic E-state index is 12.1. The van der Waals surface area contributed by atoms with E-state index in [1.54, 1.807) is 18.4 Å². The second-order valence-electron chi connectivity index (χ2n) is 6.12. The molecule has 4 rings (SSSR count). The number of furan rings is 1. The maximum Gasteiger partial charge on any atom is 0.243 e. The van der Waals surface area contributed by atoms with Crippen molar-refractivity contribution in [2.45, 2.75) is 45.2 Å². The van der Waals surface area contributed by atoms with Crippen LogP contribution in [0.3, 0.4) is 0 Å². The minimum Gasteiger partial charge on any atom is -0.461 e. The third kappa shape index (κ3) is 3.79. The molecule has 0 aliphatic heterocycles. The van der Waals surface area contributed by atoms with Gasteiger partial charge in [-0.25, -0.2) is 0 Å². The fraction of sp³-hybridized carbons (Fsp3) is 0.412. The first-order chi connectivity index (χ1) is 12.3. The van der Waals surface area contributed by atoms with E-state index in [2.05, 4.69) is 26.8 Å². The van der Waals surface area contributed by atoms with Gasteiger partial charge in [0.25, 0.3) is 0 Å². The quantitative estimate of drug-likeness (QED) is 0.709. The Morgan fingerprint density at radius 1 is 1.32 bits per heavy atom. The van der Waals surface area contributed by atoms with Gasteiger partial charge < -0.3 is 9.73 Å². The van der Waals surface area contributed by atoms with Gasteiger partial charge in [-0.3, -0.25) is 4.79 Å². The van der Waals surface area contributed by atoms with Crippen LogP contribution in [0.5, 0.6) is 0 Å². The average Bonchev–Trinajstić information content (AvgIpc) is 3.32. The van der Waals surface area contributed by atoms with Crippen LogP contribution in [0.2, 0.25) is 0 Å². The van der Waals surface area contributed by atoms with Crippen molar-refractivity contribution in [2.75, 3.05) is 0 Å². The standard InChI is InChI=1S/C17H19N5O2S/c23-16(11-22-20-17(19-21-22)14-6-4-8-24-14)18-10-13-9-12-5-2-1-3-7-15(12)25-13/h4,6,8-9H,1-3,5,7,10-11H2,(H,18,23). The fourth-order valence-corrected chi connectivity index (χ4v) is 4.20. The van der Waals surface area contributed by atoms with Gasteiger partial charge >= 0.3 is 0 Å². The molecule has 0 fully saturated rings. The number of carbonyl (C=O) groups excluding carboxylic acids is 1. The minimum absolute atomic E-state index is 0.0405.